The maximum atomic E-state index is 13.9. The van der Waals surface area contributed by atoms with Gasteiger partial charge in [0, 0.05) is 11.6 Å². The van der Waals surface area contributed by atoms with Crippen LogP contribution in [-0.4, -0.2) is 7.11 Å². The van der Waals surface area contributed by atoms with Gasteiger partial charge in [-0.2, -0.15) is 0 Å². The van der Waals surface area contributed by atoms with E-state index in [0.717, 1.165) is 5.56 Å². The predicted octanol–water partition coefficient (Wildman–Crippen LogP) is 3.98. The lowest BCUT2D eigenvalue weighted by atomic mass is 9.99. The molecule has 0 bridgehead atoms. The van der Waals surface area contributed by atoms with E-state index in [1.165, 1.54) is 12.1 Å². The third-order valence-corrected chi connectivity index (χ3v) is 3.70. The lowest BCUT2D eigenvalue weighted by molar-refractivity contribution is 0.413. The Kier molecular flexibility index (Phi) is 4.73. The first-order valence-electron chi connectivity index (χ1n) is 6.05. The van der Waals surface area contributed by atoms with Gasteiger partial charge >= 0.3 is 0 Å². The summed E-state index contributed by atoms with van der Waals surface area (Å²) in [5.74, 6) is -0.541. The van der Waals surface area contributed by atoms with Crippen LogP contribution in [0.15, 0.2) is 40.9 Å². The van der Waals surface area contributed by atoms with E-state index in [0.29, 0.717) is 5.75 Å². The molecule has 0 saturated heterocycles. The van der Waals surface area contributed by atoms with Crippen molar-refractivity contribution >= 4 is 15.9 Å². The van der Waals surface area contributed by atoms with Gasteiger partial charge in [0.1, 0.15) is 17.4 Å². The van der Waals surface area contributed by atoms with E-state index in [4.69, 9.17) is 10.5 Å². The summed E-state index contributed by atoms with van der Waals surface area (Å²) >= 11 is 3.05. The number of methoxy groups -OCH3 is 1. The van der Waals surface area contributed by atoms with Gasteiger partial charge in [-0.1, -0.05) is 12.1 Å². The zero-order valence-electron chi connectivity index (χ0n) is 10.9. The van der Waals surface area contributed by atoms with Crippen LogP contribution in [0.3, 0.4) is 0 Å². The average Bonchev–Trinajstić information content (AvgIpc) is 2.47. The van der Waals surface area contributed by atoms with Crippen LogP contribution in [0.2, 0.25) is 0 Å². The molecular formula is C15H14BrF2NO. The summed E-state index contributed by atoms with van der Waals surface area (Å²) in [6.07, 6.45) is 0.0737. The average molecular weight is 342 g/mol. The molecule has 5 heteroatoms. The monoisotopic (exact) mass is 341 g/mol. The summed E-state index contributed by atoms with van der Waals surface area (Å²) in [5, 5.41) is 0. The summed E-state index contributed by atoms with van der Waals surface area (Å²) in [6.45, 7) is 0. The number of benzene rings is 2. The van der Waals surface area contributed by atoms with Crippen LogP contribution in [0.25, 0.3) is 0 Å². The summed E-state index contributed by atoms with van der Waals surface area (Å²) in [5.41, 5.74) is 6.78. The Morgan fingerprint density at radius 3 is 2.70 bits per heavy atom. The van der Waals surface area contributed by atoms with Gasteiger partial charge in [0.05, 0.1) is 11.6 Å². The highest BCUT2D eigenvalue weighted by Crippen LogP contribution is 2.26. The summed E-state index contributed by atoms with van der Waals surface area (Å²) in [7, 11) is 1.55. The van der Waals surface area contributed by atoms with Crippen molar-refractivity contribution in [2.45, 2.75) is 12.5 Å². The topological polar surface area (TPSA) is 35.2 Å². The second-order valence-corrected chi connectivity index (χ2v) is 5.26. The minimum atomic E-state index is -0.608. The molecule has 1 atom stereocenters. The maximum absolute atomic E-state index is 13.9. The van der Waals surface area contributed by atoms with E-state index in [-0.39, 0.29) is 16.5 Å². The molecule has 0 heterocycles. The molecule has 0 saturated carbocycles. The lowest BCUT2D eigenvalue weighted by Gasteiger charge is -2.14. The van der Waals surface area contributed by atoms with Gasteiger partial charge in [-0.15, -0.1) is 0 Å². The van der Waals surface area contributed by atoms with Gasteiger partial charge in [0.15, 0.2) is 0 Å². The minimum absolute atomic E-state index is 0.0188. The molecule has 2 rings (SSSR count). The van der Waals surface area contributed by atoms with E-state index in [1.54, 1.807) is 31.4 Å². The van der Waals surface area contributed by atoms with E-state index in [1.807, 2.05) is 0 Å². The zero-order valence-corrected chi connectivity index (χ0v) is 12.5. The zero-order chi connectivity index (χ0) is 14.7. The molecule has 0 aliphatic heterocycles. The van der Waals surface area contributed by atoms with Crippen LogP contribution in [0.4, 0.5) is 8.78 Å². The van der Waals surface area contributed by atoms with Crippen molar-refractivity contribution in [3.63, 3.8) is 0 Å². The quantitative estimate of drug-likeness (QED) is 0.853. The molecule has 0 aliphatic rings. The number of halogens is 3. The van der Waals surface area contributed by atoms with Crippen LogP contribution in [0.5, 0.6) is 5.75 Å². The Labute approximate surface area is 124 Å². The highest BCUT2D eigenvalue weighted by atomic mass is 79.9. The van der Waals surface area contributed by atoms with Crippen LogP contribution in [0.1, 0.15) is 17.2 Å². The summed E-state index contributed by atoms with van der Waals surface area (Å²) in [4.78, 5) is 0. The smallest absolute Gasteiger partial charge is 0.143 e. The van der Waals surface area contributed by atoms with Crippen molar-refractivity contribution in [1.82, 2.24) is 0 Å². The van der Waals surface area contributed by atoms with Crippen molar-refractivity contribution in [3.05, 3.63) is 63.6 Å². The normalized spacial score (nSPS) is 12.2. The number of ether oxygens (including phenoxy) is 1. The predicted molar refractivity (Wildman–Crippen MR) is 77.7 cm³/mol. The second kappa shape index (κ2) is 6.33. The Balaban J connectivity index is 2.27. The molecule has 1 unspecified atom stereocenters. The first kappa shape index (κ1) is 14.9. The first-order valence-corrected chi connectivity index (χ1v) is 6.84. The molecule has 0 amide bonds. The van der Waals surface area contributed by atoms with Gasteiger partial charge < -0.3 is 10.5 Å². The van der Waals surface area contributed by atoms with E-state index in [2.05, 4.69) is 15.9 Å². The molecule has 0 aliphatic carbocycles. The molecule has 2 aromatic carbocycles. The minimum Gasteiger partial charge on any atom is -0.497 e. The van der Waals surface area contributed by atoms with E-state index in [9.17, 15) is 8.78 Å². The van der Waals surface area contributed by atoms with Crippen molar-refractivity contribution in [3.8, 4) is 5.75 Å². The molecule has 2 aromatic rings. The van der Waals surface area contributed by atoms with Gasteiger partial charge in [0.25, 0.3) is 0 Å². The van der Waals surface area contributed by atoms with Crippen LogP contribution in [-0.2, 0) is 6.42 Å². The standard InChI is InChI=1S/C15H14BrF2NO/c1-20-10-4-2-3-9(7-10)14(19)8-11-13(17)6-5-12(16)15(11)18/h2-7,14H,8,19H2,1H3. The number of hydrogen-bond acceptors (Lipinski definition) is 2. The number of nitrogens with two attached hydrogens (primary N) is 1. The molecule has 2 N–H and O–H groups in total. The molecule has 2 nitrogen and oxygen atoms in total. The van der Waals surface area contributed by atoms with Gasteiger partial charge in [-0.05, 0) is 52.2 Å². The highest BCUT2D eigenvalue weighted by molar-refractivity contribution is 9.10. The maximum Gasteiger partial charge on any atom is 0.143 e. The van der Waals surface area contributed by atoms with Gasteiger partial charge in [-0.25, -0.2) is 8.78 Å². The van der Waals surface area contributed by atoms with Crippen LogP contribution in [0, 0.1) is 11.6 Å². The largest absolute Gasteiger partial charge is 0.497 e. The Bertz CT molecular complexity index is 619. The lowest BCUT2D eigenvalue weighted by Crippen LogP contribution is -2.15. The fourth-order valence-electron chi connectivity index (χ4n) is 1.97. The van der Waals surface area contributed by atoms with Gasteiger partial charge in [0.2, 0.25) is 0 Å². The van der Waals surface area contributed by atoms with Gasteiger partial charge in [-0.3, -0.25) is 0 Å². The molecule has 0 fully saturated rings. The summed E-state index contributed by atoms with van der Waals surface area (Å²) < 4.78 is 33.0. The molecule has 0 aromatic heterocycles. The van der Waals surface area contributed by atoms with E-state index < -0.39 is 17.7 Å². The van der Waals surface area contributed by atoms with Crippen molar-refractivity contribution in [2.24, 2.45) is 5.73 Å². The SMILES string of the molecule is COc1cccc(C(N)Cc2c(F)ccc(Br)c2F)c1. The Hall–Kier alpha value is -1.46. The molecule has 106 valence electrons. The summed E-state index contributed by atoms with van der Waals surface area (Å²) in [6, 6.07) is 9.20. The molecular weight excluding hydrogens is 328 g/mol. The third-order valence-electron chi connectivity index (χ3n) is 3.08. The molecule has 0 radical (unpaired) electrons. The third kappa shape index (κ3) is 3.16. The Morgan fingerprint density at radius 1 is 1.25 bits per heavy atom. The molecule has 0 spiro atoms. The fourth-order valence-corrected chi connectivity index (χ4v) is 2.34. The number of hydrogen-bond donors (Lipinski definition) is 1. The van der Waals surface area contributed by atoms with E-state index >= 15 is 0 Å². The number of rotatable bonds is 4. The van der Waals surface area contributed by atoms with Crippen molar-refractivity contribution < 1.29 is 13.5 Å². The highest BCUT2D eigenvalue weighted by Gasteiger charge is 2.17. The van der Waals surface area contributed by atoms with Crippen molar-refractivity contribution in [2.75, 3.05) is 7.11 Å². The first-order chi connectivity index (χ1) is 9.52. The molecule has 20 heavy (non-hydrogen) atoms. The van der Waals surface area contributed by atoms with Crippen molar-refractivity contribution in [1.29, 1.82) is 0 Å². The second-order valence-electron chi connectivity index (χ2n) is 4.41. The Morgan fingerprint density at radius 2 is 2.00 bits per heavy atom. The van der Waals surface area contributed by atoms with Crippen LogP contribution >= 0.6 is 15.9 Å². The van der Waals surface area contributed by atoms with Crippen LogP contribution < -0.4 is 10.5 Å². The fraction of sp³-hybridized carbons (Fsp3) is 0.200.